The summed E-state index contributed by atoms with van der Waals surface area (Å²) < 4.78 is 4.81. The Morgan fingerprint density at radius 3 is 2.03 bits per heavy atom. The summed E-state index contributed by atoms with van der Waals surface area (Å²) in [6.45, 7) is 7.26. The Morgan fingerprint density at radius 2 is 1.44 bits per heavy atom. The van der Waals surface area contributed by atoms with Crippen LogP contribution in [0.2, 0.25) is 0 Å². The summed E-state index contributed by atoms with van der Waals surface area (Å²) in [6.07, 6.45) is 10.1. The number of nitrogens with two attached hydrogens (primary N) is 1. The summed E-state index contributed by atoms with van der Waals surface area (Å²) in [7, 11) is 1.30. The summed E-state index contributed by atoms with van der Waals surface area (Å²) in [5, 5.41) is 2.74. The molecule has 2 aromatic carbocycles. The third-order valence-electron chi connectivity index (χ3n) is 12.9. The maximum absolute atomic E-state index is 13.9. The van der Waals surface area contributed by atoms with Crippen molar-refractivity contribution in [2.45, 2.75) is 103 Å². The fraction of sp³-hybridized carbons (Fsp3) is 0.511. The van der Waals surface area contributed by atoms with E-state index in [1.807, 2.05) is 79.2 Å². The molecule has 4 aliphatic rings. The van der Waals surface area contributed by atoms with Gasteiger partial charge in [0.1, 0.15) is 17.7 Å². The number of nitrogens with zero attached hydrogens (tertiary/aromatic N) is 4. The number of nitrogens with one attached hydrogen (secondary N) is 3. The van der Waals surface area contributed by atoms with Crippen LogP contribution in [0.15, 0.2) is 48.7 Å². The first-order chi connectivity index (χ1) is 27.8. The van der Waals surface area contributed by atoms with Crippen molar-refractivity contribution in [1.29, 1.82) is 0 Å². The number of likely N-dealkylation sites (tertiary alicyclic amines) is 2. The highest BCUT2D eigenvalue weighted by atomic mass is 32.1. The second-order valence-corrected chi connectivity index (χ2v) is 17.7. The van der Waals surface area contributed by atoms with E-state index in [9.17, 15) is 19.2 Å². The number of aromatic amines is 2. The molecule has 2 saturated carbocycles. The Labute approximate surface area is 392 Å². The Morgan fingerprint density at radius 1 is 0.839 bits per heavy atom. The number of H-pyrrole nitrogens is 2. The highest BCUT2D eigenvalue weighted by molar-refractivity contribution is 7.59. The molecule has 2 aliphatic carbocycles. The minimum Gasteiger partial charge on any atom is -0.453 e. The van der Waals surface area contributed by atoms with E-state index in [1.54, 1.807) is 0 Å². The van der Waals surface area contributed by atoms with Crippen LogP contribution in [0.5, 0.6) is 0 Å². The molecule has 2 saturated heterocycles. The number of hydrogen-bond donors (Lipinski definition) is 4. The lowest BCUT2D eigenvalue weighted by molar-refractivity contribution is -0.137. The summed E-state index contributed by atoms with van der Waals surface area (Å²) in [4.78, 5) is 71.4. The van der Waals surface area contributed by atoms with Crippen LogP contribution in [-0.4, -0.2) is 79.8 Å². The smallest absolute Gasteiger partial charge is 0.407 e. The highest BCUT2D eigenvalue weighted by Crippen LogP contribution is 2.59. The predicted molar refractivity (Wildman–Crippen MR) is 260 cm³/mol. The number of benzene rings is 2. The number of carbonyl (C=O) groups excluding carboxylic acids is 4. The van der Waals surface area contributed by atoms with Gasteiger partial charge in [0, 0.05) is 36.6 Å². The average Bonchev–Trinajstić information content (AvgIpc) is 3.83. The molecule has 0 bridgehead atoms. The van der Waals surface area contributed by atoms with Crippen molar-refractivity contribution in [3.63, 3.8) is 0 Å². The molecular weight excluding hydrogens is 861 g/mol. The van der Waals surface area contributed by atoms with Crippen molar-refractivity contribution >= 4 is 88.8 Å². The topological polar surface area (TPSA) is 179 Å². The molecule has 8 rings (SSSR count). The molecule has 0 unspecified atom stereocenters. The monoisotopic (exact) mass is 922 g/mol. The van der Waals surface area contributed by atoms with E-state index in [-0.39, 0.29) is 106 Å². The van der Waals surface area contributed by atoms with Gasteiger partial charge >= 0.3 is 6.09 Å². The van der Waals surface area contributed by atoms with Crippen LogP contribution in [0.3, 0.4) is 0 Å². The number of alkyl carbamates (subject to hydrolysis) is 1. The molecule has 0 radical (unpaired) electrons. The number of ether oxygens (including phenoxy) is 1. The van der Waals surface area contributed by atoms with Crippen LogP contribution in [0.1, 0.15) is 120 Å². The number of methoxy groups -OCH3 is 1. The van der Waals surface area contributed by atoms with Gasteiger partial charge in [-0.1, -0.05) is 51.2 Å². The Kier molecular flexibility index (Phi) is 16.7. The van der Waals surface area contributed by atoms with E-state index < -0.39 is 12.1 Å². The fourth-order valence-electron chi connectivity index (χ4n) is 8.97. The summed E-state index contributed by atoms with van der Waals surface area (Å²) in [5.41, 5.74) is 10.9. The third-order valence-corrected chi connectivity index (χ3v) is 12.9. The Bertz CT molecular complexity index is 2300. The first kappa shape index (κ1) is 50.4. The molecule has 13 nitrogen and oxygen atoms in total. The lowest BCUT2D eigenvalue weighted by Gasteiger charge is -2.30. The second kappa shape index (κ2) is 20.5. The maximum Gasteiger partial charge on any atom is 0.407 e. The molecule has 2 aliphatic heterocycles. The van der Waals surface area contributed by atoms with E-state index in [4.69, 9.17) is 20.4 Å². The number of aromatic nitrogens is 4. The molecule has 17 heteroatoms. The number of carbonyl (C=O) groups is 4. The first-order valence-corrected chi connectivity index (χ1v) is 20.8. The quantitative estimate of drug-likeness (QED) is 0.0875. The molecule has 336 valence electrons. The number of rotatable bonds is 12. The van der Waals surface area contributed by atoms with Crippen LogP contribution in [0.4, 0.5) is 4.79 Å². The predicted octanol–water partition coefficient (Wildman–Crippen LogP) is 6.97. The van der Waals surface area contributed by atoms with Crippen LogP contribution < -0.4 is 11.1 Å². The summed E-state index contributed by atoms with van der Waals surface area (Å²) in [6, 6.07) is 13.0. The van der Waals surface area contributed by atoms with Gasteiger partial charge in [0.15, 0.2) is 0 Å². The number of primary amides is 1. The molecule has 4 atom stereocenters. The van der Waals surface area contributed by atoms with Gasteiger partial charge in [0.25, 0.3) is 0 Å². The van der Waals surface area contributed by atoms with Crippen LogP contribution in [-0.2, 0) is 19.1 Å². The standard InChI is InChI=1S/C45H54N8O5.4H2S/c1-27(2)38(51-43(57)58-4)42(56)53-26-45(19-20-45)23-36(53)40-48-32-16-13-30(21-33(32)49-40)10-9-29-11-14-31(15-12-29)34-24-47-39(50-34)35-22-44(17-18-44)25-52(35)41(55)28(3)7-5-6-8-37(46)54;;;;/h11-16,21,24,27-28,35-36,38H,5-8,17-20,22-23,25-26H2,1-4H3,(H2,46,54)(H,47,50)(H,48,49)(H,51,57);4*1H2/t28-,35-,36-,38-;;;;/m0..../s1. The van der Waals surface area contributed by atoms with Crippen molar-refractivity contribution in [3.8, 4) is 23.1 Å². The molecule has 5 N–H and O–H groups in total. The zero-order valence-electron chi connectivity index (χ0n) is 35.9. The van der Waals surface area contributed by atoms with Gasteiger partial charge in [-0.3, -0.25) is 14.4 Å². The van der Waals surface area contributed by atoms with E-state index in [0.29, 0.717) is 19.4 Å². The zero-order chi connectivity index (χ0) is 40.8. The summed E-state index contributed by atoms with van der Waals surface area (Å²) >= 11 is 0. The van der Waals surface area contributed by atoms with Crippen molar-refractivity contribution in [3.05, 3.63) is 71.4 Å². The summed E-state index contributed by atoms with van der Waals surface area (Å²) in [5.74, 6) is 7.68. The maximum atomic E-state index is 13.9. The van der Waals surface area contributed by atoms with E-state index in [0.717, 1.165) is 103 Å². The normalized spacial score (nSPS) is 19.6. The lowest BCUT2D eigenvalue weighted by Crippen LogP contribution is -2.51. The van der Waals surface area contributed by atoms with Gasteiger partial charge in [0.05, 0.1) is 42.1 Å². The molecule has 4 amide bonds. The van der Waals surface area contributed by atoms with Crippen molar-refractivity contribution in [2.24, 2.45) is 28.4 Å². The largest absolute Gasteiger partial charge is 0.453 e. The van der Waals surface area contributed by atoms with Crippen molar-refractivity contribution in [2.75, 3.05) is 20.2 Å². The van der Waals surface area contributed by atoms with Crippen LogP contribution in [0, 0.1) is 34.5 Å². The van der Waals surface area contributed by atoms with Crippen molar-refractivity contribution in [1.82, 2.24) is 35.1 Å². The van der Waals surface area contributed by atoms with Crippen LogP contribution >= 0.6 is 54.0 Å². The van der Waals surface area contributed by atoms with Gasteiger partial charge in [-0.05, 0) is 104 Å². The number of fused-ring (bicyclic) bond motifs is 1. The highest BCUT2D eigenvalue weighted by Gasteiger charge is 2.56. The average molecular weight is 923 g/mol. The van der Waals surface area contributed by atoms with Crippen LogP contribution in [0.25, 0.3) is 22.3 Å². The molecule has 4 heterocycles. The number of hydrogen-bond acceptors (Lipinski definition) is 7. The number of amides is 4. The lowest BCUT2D eigenvalue weighted by atomic mass is 10.0. The molecule has 2 spiro atoms. The first-order valence-electron chi connectivity index (χ1n) is 20.8. The Hall–Kier alpha value is -4.24. The van der Waals surface area contributed by atoms with Gasteiger partial charge in [-0.2, -0.15) is 54.0 Å². The number of imidazole rings is 2. The van der Waals surface area contributed by atoms with E-state index in [1.165, 1.54) is 7.11 Å². The van der Waals surface area contributed by atoms with Gasteiger partial charge in [-0.15, -0.1) is 0 Å². The van der Waals surface area contributed by atoms with Gasteiger partial charge in [-0.25, -0.2) is 14.8 Å². The molecule has 4 fully saturated rings. The second-order valence-electron chi connectivity index (χ2n) is 17.7. The molecule has 4 aromatic rings. The van der Waals surface area contributed by atoms with Gasteiger partial charge in [0.2, 0.25) is 17.7 Å². The molecule has 62 heavy (non-hydrogen) atoms. The minimum atomic E-state index is -0.691. The van der Waals surface area contributed by atoms with E-state index >= 15 is 0 Å². The molecular formula is C45H62N8O5S4. The van der Waals surface area contributed by atoms with Gasteiger partial charge < -0.3 is 35.6 Å². The third kappa shape index (κ3) is 10.9. The minimum absolute atomic E-state index is 0. The SMILES string of the molecule is COC(=O)N[C@H](C(=O)N1CC2(CC2)C[C@H]1c1nc2ccc(C#Cc3ccc(-c4cnc([C@@H]5CC6(CC6)CN5C(=O)[C@@H](C)CCCCC(N)=O)[nH]4)cc3)cc2[nH]1)C(C)C.S.S.S.S. The van der Waals surface area contributed by atoms with E-state index in [2.05, 4.69) is 27.1 Å². The zero-order valence-corrected chi connectivity index (χ0v) is 39.9. The van der Waals surface area contributed by atoms with Crippen molar-refractivity contribution < 1.29 is 23.9 Å². The Balaban J connectivity index is 0.00000211. The molecule has 2 aromatic heterocycles. The fourth-order valence-corrected chi connectivity index (χ4v) is 8.97. The number of unbranched alkanes of at least 4 members (excludes halogenated alkanes) is 1.